The minimum absolute atomic E-state index is 0.123. The number of benzene rings is 1. The van der Waals surface area contributed by atoms with Gasteiger partial charge < -0.3 is 15.0 Å². The van der Waals surface area contributed by atoms with E-state index in [0.29, 0.717) is 38.8 Å². The molecule has 28 heavy (non-hydrogen) atoms. The molecule has 8 heteroatoms. The van der Waals surface area contributed by atoms with E-state index in [0.717, 1.165) is 18.4 Å². The van der Waals surface area contributed by atoms with E-state index in [1.807, 2.05) is 17.0 Å². The lowest BCUT2D eigenvalue weighted by atomic mass is 9.74. The molecule has 0 radical (unpaired) electrons. The second-order valence-electron chi connectivity index (χ2n) is 8.30. The lowest BCUT2D eigenvalue weighted by molar-refractivity contribution is 0.0511. The Bertz CT molecular complexity index is 816. The third-order valence-corrected chi connectivity index (χ3v) is 8.58. The van der Waals surface area contributed by atoms with E-state index < -0.39 is 14.6 Å². The Morgan fingerprint density at radius 1 is 1.25 bits per heavy atom. The average Bonchev–Trinajstić information content (AvgIpc) is 2.66. The van der Waals surface area contributed by atoms with Crippen molar-refractivity contribution >= 4 is 15.8 Å². The zero-order valence-corrected chi connectivity index (χ0v) is 17.7. The number of sulfone groups is 1. The number of hydrogen-bond donors (Lipinski definition) is 1. The van der Waals surface area contributed by atoms with E-state index in [1.54, 1.807) is 20.9 Å². The minimum Gasteiger partial charge on any atom is -0.381 e. The summed E-state index contributed by atoms with van der Waals surface area (Å²) in [6, 6.07) is 6.70. The first-order valence-electron chi connectivity index (χ1n) is 9.71. The fraction of sp³-hybridized carbons (Fsp3) is 0.650. The molecule has 0 aliphatic carbocycles. The van der Waals surface area contributed by atoms with E-state index in [-0.39, 0.29) is 17.0 Å². The van der Waals surface area contributed by atoms with Gasteiger partial charge in [0.05, 0.1) is 10.5 Å². The maximum atomic E-state index is 13.4. The van der Waals surface area contributed by atoms with Crippen molar-refractivity contribution in [2.45, 2.75) is 36.9 Å². The van der Waals surface area contributed by atoms with E-state index in [1.165, 1.54) is 12.1 Å². The molecule has 0 atom stereocenters. The normalized spacial score (nSPS) is 24.0. The van der Waals surface area contributed by atoms with E-state index in [4.69, 9.17) is 4.74 Å². The topological polar surface area (TPSA) is 71.0 Å². The molecule has 2 fully saturated rings. The van der Waals surface area contributed by atoms with Crippen LogP contribution in [0.25, 0.3) is 0 Å². The number of ether oxygens (including phenoxy) is 1. The minimum atomic E-state index is -3.11. The lowest BCUT2D eigenvalue weighted by Gasteiger charge is -2.42. The molecule has 2 aliphatic heterocycles. The average molecular weight is 412 g/mol. The molecule has 1 N–H and O–H groups in total. The largest absolute Gasteiger partial charge is 0.381 e. The Balaban J connectivity index is 1.76. The van der Waals surface area contributed by atoms with Crippen LogP contribution in [0.4, 0.5) is 4.39 Å². The Labute approximate surface area is 167 Å². The van der Waals surface area contributed by atoms with Gasteiger partial charge in [-0.2, -0.15) is 0 Å². The van der Waals surface area contributed by atoms with Gasteiger partial charge in [0.25, 0.3) is 0 Å². The van der Waals surface area contributed by atoms with Gasteiger partial charge in [-0.15, -0.1) is 0 Å². The molecule has 1 aromatic carbocycles. The number of nitrogens with zero attached hydrogens (tertiary/aromatic N) is 2. The highest BCUT2D eigenvalue weighted by Gasteiger charge is 2.41. The van der Waals surface area contributed by atoms with Crippen molar-refractivity contribution in [2.75, 3.05) is 45.6 Å². The number of rotatable bonds is 3. The fourth-order valence-corrected chi connectivity index (χ4v) is 5.40. The van der Waals surface area contributed by atoms with Crippen molar-refractivity contribution < 1.29 is 17.5 Å². The van der Waals surface area contributed by atoms with E-state index in [2.05, 4.69) is 10.3 Å². The molecular formula is C20H30FN3O3S. The van der Waals surface area contributed by atoms with Crippen LogP contribution >= 0.6 is 0 Å². The van der Waals surface area contributed by atoms with Crippen molar-refractivity contribution in [1.29, 1.82) is 0 Å². The van der Waals surface area contributed by atoms with Gasteiger partial charge in [0.15, 0.2) is 15.8 Å². The Morgan fingerprint density at radius 2 is 1.89 bits per heavy atom. The summed E-state index contributed by atoms with van der Waals surface area (Å²) in [6.45, 7) is 6.32. The zero-order chi connectivity index (χ0) is 20.4. The molecule has 2 heterocycles. The number of aliphatic imine (C=N–C) groups is 1. The van der Waals surface area contributed by atoms with Crippen molar-refractivity contribution in [3.8, 4) is 0 Å². The predicted molar refractivity (Wildman–Crippen MR) is 109 cm³/mol. The van der Waals surface area contributed by atoms with Gasteiger partial charge in [0.1, 0.15) is 5.82 Å². The fourth-order valence-electron chi connectivity index (χ4n) is 4.04. The molecule has 156 valence electrons. The highest BCUT2D eigenvalue weighted by Crippen LogP contribution is 2.34. The van der Waals surface area contributed by atoms with Crippen LogP contribution in [0.5, 0.6) is 0 Å². The standard InChI is InChI=1S/C20H30FN3O3S/c1-19(2)15-24(10-13-28(19,25)26)18(22-3)23-14-20(8-11-27-12-9-20)16-4-6-17(21)7-5-16/h4-7H,8-15H2,1-3H3,(H,22,23). The van der Waals surface area contributed by atoms with Crippen molar-refractivity contribution in [3.63, 3.8) is 0 Å². The molecule has 2 aliphatic rings. The molecule has 0 spiro atoms. The molecule has 0 aromatic heterocycles. The molecule has 0 bridgehead atoms. The Morgan fingerprint density at radius 3 is 2.46 bits per heavy atom. The van der Waals surface area contributed by atoms with E-state index in [9.17, 15) is 12.8 Å². The van der Waals surface area contributed by atoms with Crippen LogP contribution in [0.2, 0.25) is 0 Å². The lowest BCUT2D eigenvalue weighted by Crippen LogP contribution is -2.58. The van der Waals surface area contributed by atoms with Crippen LogP contribution < -0.4 is 5.32 Å². The van der Waals surface area contributed by atoms with Gasteiger partial charge in [-0.05, 0) is 44.4 Å². The molecule has 0 saturated carbocycles. The second kappa shape index (κ2) is 7.99. The highest BCUT2D eigenvalue weighted by atomic mass is 32.2. The summed E-state index contributed by atoms with van der Waals surface area (Å²) < 4.78 is 42.8. The number of halogens is 1. The van der Waals surface area contributed by atoms with Crippen molar-refractivity contribution in [3.05, 3.63) is 35.6 Å². The van der Waals surface area contributed by atoms with Crippen LogP contribution in [-0.2, 0) is 20.0 Å². The van der Waals surface area contributed by atoms with Crippen LogP contribution in [-0.4, -0.2) is 69.7 Å². The summed E-state index contributed by atoms with van der Waals surface area (Å²) in [4.78, 5) is 6.41. The number of hydrogen-bond acceptors (Lipinski definition) is 4. The van der Waals surface area contributed by atoms with Crippen LogP contribution in [0.1, 0.15) is 32.3 Å². The van der Waals surface area contributed by atoms with Gasteiger partial charge >= 0.3 is 0 Å². The Hall–Kier alpha value is -1.67. The maximum absolute atomic E-state index is 13.4. The van der Waals surface area contributed by atoms with E-state index >= 15 is 0 Å². The smallest absolute Gasteiger partial charge is 0.193 e. The molecule has 6 nitrogen and oxygen atoms in total. The molecular weight excluding hydrogens is 381 g/mol. The van der Waals surface area contributed by atoms with Gasteiger partial charge in [-0.1, -0.05) is 12.1 Å². The van der Waals surface area contributed by atoms with Gasteiger partial charge in [0.2, 0.25) is 0 Å². The van der Waals surface area contributed by atoms with Crippen molar-refractivity contribution in [1.82, 2.24) is 10.2 Å². The first kappa shape index (κ1) is 21.0. The molecule has 0 amide bonds. The Kier molecular flexibility index (Phi) is 6.00. The molecule has 2 saturated heterocycles. The summed E-state index contributed by atoms with van der Waals surface area (Å²) in [6.07, 6.45) is 1.67. The monoisotopic (exact) mass is 411 g/mol. The van der Waals surface area contributed by atoms with Gasteiger partial charge in [0, 0.05) is 45.3 Å². The molecule has 1 aromatic rings. The third-order valence-electron chi connectivity index (χ3n) is 6.05. The number of nitrogens with one attached hydrogen (secondary N) is 1. The first-order valence-corrected chi connectivity index (χ1v) is 11.4. The zero-order valence-electron chi connectivity index (χ0n) is 16.9. The summed E-state index contributed by atoms with van der Waals surface area (Å²) in [5, 5.41) is 3.46. The summed E-state index contributed by atoms with van der Waals surface area (Å²) in [5.41, 5.74) is 0.918. The van der Waals surface area contributed by atoms with Crippen LogP contribution in [0.3, 0.4) is 0 Å². The van der Waals surface area contributed by atoms with Crippen LogP contribution in [0.15, 0.2) is 29.3 Å². The van der Waals surface area contributed by atoms with Gasteiger partial charge in [-0.3, -0.25) is 4.99 Å². The van der Waals surface area contributed by atoms with Crippen molar-refractivity contribution in [2.24, 2.45) is 4.99 Å². The SMILES string of the molecule is CN=C(NCC1(c2ccc(F)cc2)CCOCC1)N1CCS(=O)(=O)C(C)(C)C1. The van der Waals surface area contributed by atoms with Gasteiger partial charge in [-0.25, -0.2) is 12.8 Å². The first-order chi connectivity index (χ1) is 13.2. The predicted octanol–water partition coefficient (Wildman–Crippen LogP) is 1.96. The number of guanidine groups is 1. The maximum Gasteiger partial charge on any atom is 0.193 e. The quantitative estimate of drug-likeness (QED) is 0.608. The third kappa shape index (κ3) is 4.17. The molecule has 3 rings (SSSR count). The second-order valence-corrected chi connectivity index (χ2v) is 11.0. The summed E-state index contributed by atoms with van der Waals surface area (Å²) >= 11 is 0. The summed E-state index contributed by atoms with van der Waals surface area (Å²) in [5.74, 6) is 0.583. The summed E-state index contributed by atoms with van der Waals surface area (Å²) in [7, 11) is -1.39. The van der Waals surface area contributed by atoms with Crippen LogP contribution in [0, 0.1) is 5.82 Å². The molecule has 0 unspecified atom stereocenters. The highest BCUT2D eigenvalue weighted by molar-refractivity contribution is 7.92.